The lowest BCUT2D eigenvalue weighted by atomic mass is 9.58. The van der Waals surface area contributed by atoms with Gasteiger partial charge >= 0.3 is 0 Å². The summed E-state index contributed by atoms with van der Waals surface area (Å²) in [5, 5.41) is 0. The van der Waals surface area contributed by atoms with Crippen molar-refractivity contribution < 1.29 is 0 Å². The normalized spacial score (nSPS) is 27.6. The Kier molecular flexibility index (Phi) is 3.86. The predicted octanol–water partition coefficient (Wildman–Crippen LogP) is 8.03. The van der Waals surface area contributed by atoms with Crippen molar-refractivity contribution in [2.75, 3.05) is 0 Å². The Hall–Kier alpha value is -1.56. The summed E-state index contributed by atoms with van der Waals surface area (Å²) in [4.78, 5) is 0. The van der Waals surface area contributed by atoms with E-state index in [1.807, 2.05) is 0 Å². The van der Waals surface area contributed by atoms with Gasteiger partial charge < -0.3 is 0 Å². The van der Waals surface area contributed by atoms with Crippen LogP contribution >= 0.6 is 0 Å². The topological polar surface area (TPSA) is 0 Å². The number of rotatable bonds is 0. The lowest BCUT2D eigenvalue weighted by Gasteiger charge is -2.47. The molecule has 2 aromatic rings. The van der Waals surface area contributed by atoms with Crippen LogP contribution in [-0.4, -0.2) is 0 Å². The van der Waals surface area contributed by atoms with Crippen LogP contribution in [0.2, 0.25) is 0 Å². The maximum absolute atomic E-state index is 2.59. The molecule has 0 bridgehead atoms. The first-order chi connectivity index (χ1) is 13.4. The largest absolute Gasteiger partial charge is 0.0616 e. The summed E-state index contributed by atoms with van der Waals surface area (Å²) in [5.41, 5.74) is 13.4. The Morgan fingerprint density at radius 2 is 1.34 bits per heavy atom. The maximum atomic E-state index is 2.59. The third kappa shape index (κ3) is 2.63. The van der Waals surface area contributed by atoms with Crippen molar-refractivity contribution in [2.45, 2.75) is 103 Å². The second-order valence-corrected chi connectivity index (χ2v) is 12.4. The Morgan fingerprint density at radius 1 is 0.724 bits per heavy atom. The molecule has 154 valence electrons. The van der Waals surface area contributed by atoms with Crippen LogP contribution in [0.15, 0.2) is 24.3 Å². The highest BCUT2D eigenvalue weighted by molar-refractivity contribution is 5.80. The molecule has 3 aliphatic rings. The second-order valence-electron chi connectivity index (χ2n) is 12.4. The molecule has 0 saturated carbocycles. The van der Waals surface area contributed by atoms with Crippen LogP contribution in [0.1, 0.15) is 114 Å². The van der Waals surface area contributed by atoms with Crippen molar-refractivity contribution in [2.24, 2.45) is 5.92 Å². The van der Waals surface area contributed by atoms with Gasteiger partial charge in [0, 0.05) is 0 Å². The summed E-state index contributed by atoms with van der Waals surface area (Å²) in [5.74, 6) is 1.39. The van der Waals surface area contributed by atoms with Crippen LogP contribution in [0.25, 0.3) is 11.1 Å². The van der Waals surface area contributed by atoms with E-state index in [9.17, 15) is 0 Å². The number of benzene rings is 2. The van der Waals surface area contributed by atoms with E-state index in [4.69, 9.17) is 0 Å². The summed E-state index contributed by atoms with van der Waals surface area (Å²) in [6.45, 7) is 19.6. The van der Waals surface area contributed by atoms with Crippen LogP contribution in [0, 0.1) is 5.92 Å². The van der Waals surface area contributed by atoms with Gasteiger partial charge in [0.15, 0.2) is 0 Å². The molecule has 29 heavy (non-hydrogen) atoms. The van der Waals surface area contributed by atoms with Crippen molar-refractivity contribution in [3.63, 3.8) is 0 Å². The highest BCUT2D eigenvalue weighted by Crippen LogP contribution is 2.53. The van der Waals surface area contributed by atoms with Crippen LogP contribution in [0.3, 0.4) is 0 Å². The molecule has 5 rings (SSSR count). The predicted molar refractivity (Wildman–Crippen MR) is 125 cm³/mol. The zero-order chi connectivity index (χ0) is 20.9. The van der Waals surface area contributed by atoms with Crippen LogP contribution in [0.4, 0.5) is 0 Å². The highest BCUT2D eigenvalue weighted by Gasteiger charge is 2.43. The third-order valence-corrected chi connectivity index (χ3v) is 9.12. The van der Waals surface area contributed by atoms with Gasteiger partial charge in [-0.15, -0.1) is 0 Å². The van der Waals surface area contributed by atoms with Crippen molar-refractivity contribution in [1.82, 2.24) is 0 Å². The van der Waals surface area contributed by atoms with Gasteiger partial charge in [0.1, 0.15) is 0 Å². The van der Waals surface area contributed by atoms with Crippen molar-refractivity contribution >= 4 is 0 Å². The Bertz CT molecular complexity index is 1010. The molecule has 0 amide bonds. The zero-order valence-corrected chi connectivity index (χ0v) is 19.8. The fourth-order valence-corrected chi connectivity index (χ4v) is 6.66. The molecule has 0 heterocycles. The van der Waals surface area contributed by atoms with Crippen molar-refractivity contribution in [1.29, 1.82) is 0 Å². The van der Waals surface area contributed by atoms with Gasteiger partial charge in [0.05, 0.1) is 0 Å². The van der Waals surface area contributed by atoms with Crippen LogP contribution in [0.5, 0.6) is 0 Å². The summed E-state index contributed by atoms with van der Waals surface area (Å²) in [6, 6.07) is 10.3. The molecule has 0 nitrogen and oxygen atoms in total. The molecule has 0 fully saturated rings. The van der Waals surface area contributed by atoms with Gasteiger partial charge in [-0.05, 0) is 98.3 Å². The molecule has 2 atom stereocenters. The highest BCUT2D eigenvalue weighted by atomic mass is 14.5. The first-order valence-corrected chi connectivity index (χ1v) is 11.8. The van der Waals surface area contributed by atoms with E-state index in [1.54, 1.807) is 33.4 Å². The Labute approximate surface area is 178 Å². The zero-order valence-electron chi connectivity index (χ0n) is 19.8. The number of hydrogen-bond donors (Lipinski definition) is 0. The summed E-state index contributed by atoms with van der Waals surface area (Å²) in [7, 11) is 0. The molecule has 0 radical (unpaired) electrons. The van der Waals surface area contributed by atoms with Gasteiger partial charge in [0.2, 0.25) is 0 Å². The van der Waals surface area contributed by atoms with E-state index < -0.39 is 0 Å². The fraction of sp³-hybridized carbons (Fsp3) is 0.586. The van der Waals surface area contributed by atoms with Gasteiger partial charge in [-0.25, -0.2) is 0 Å². The van der Waals surface area contributed by atoms with Crippen molar-refractivity contribution in [3.8, 4) is 11.1 Å². The lowest BCUT2D eigenvalue weighted by Crippen LogP contribution is -2.40. The molecule has 0 aliphatic heterocycles. The third-order valence-electron chi connectivity index (χ3n) is 9.12. The average Bonchev–Trinajstić information content (AvgIpc) is 2.98. The Balaban J connectivity index is 1.72. The molecule has 0 spiro atoms. The average molecular weight is 387 g/mol. The van der Waals surface area contributed by atoms with Crippen molar-refractivity contribution in [3.05, 3.63) is 57.6 Å². The van der Waals surface area contributed by atoms with E-state index in [2.05, 4.69) is 79.7 Å². The molecule has 2 unspecified atom stereocenters. The Morgan fingerprint density at radius 3 is 2.03 bits per heavy atom. The molecule has 0 saturated heterocycles. The SMILES string of the molecule is CC1CCC(C)(C)c2cc3c(cc21)-c1cc2c(cc1C3)C(C)(C)C(C)CC2(C)C. The van der Waals surface area contributed by atoms with Crippen LogP contribution < -0.4 is 0 Å². The molecule has 2 aromatic carbocycles. The number of hydrogen-bond acceptors (Lipinski definition) is 0. The van der Waals surface area contributed by atoms with E-state index in [1.165, 1.54) is 30.4 Å². The minimum Gasteiger partial charge on any atom is -0.0616 e. The minimum atomic E-state index is 0.254. The standard InChI is InChI=1S/C29H38/c1-17-9-10-27(3,4)24-12-19-11-20-13-26-25(15-23(20)22(19)14-21(17)24)28(5,6)16-18(2)29(26,7)8/h12-15,17-18H,9-11,16H2,1-8H3. The summed E-state index contributed by atoms with van der Waals surface area (Å²) < 4.78 is 0. The molecule has 0 aromatic heterocycles. The first-order valence-electron chi connectivity index (χ1n) is 11.8. The van der Waals surface area contributed by atoms with E-state index in [0.717, 1.165) is 6.42 Å². The second kappa shape index (κ2) is 5.77. The van der Waals surface area contributed by atoms with E-state index in [0.29, 0.717) is 17.3 Å². The maximum Gasteiger partial charge on any atom is -0.00132 e. The van der Waals surface area contributed by atoms with Crippen LogP contribution in [-0.2, 0) is 22.7 Å². The summed E-state index contributed by atoms with van der Waals surface area (Å²) >= 11 is 0. The van der Waals surface area contributed by atoms with Gasteiger partial charge in [0.25, 0.3) is 0 Å². The summed E-state index contributed by atoms with van der Waals surface area (Å²) in [6.07, 6.45) is 5.00. The molecule has 3 aliphatic carbocycles. The van der Waals surface area contributed by atoms with Gasteiger partial charge in [-0.2, -0.15) is 0 Å². The fourth-order valence-electron chi connectivity index (χ4n) is 6.66. The number of fused-ring (bicyclic) bond motifs is 5. The molecular weight excluding hydrogens is 348 g/mol. The monoisotopic (exact) mass is 386 g/mol. The van der Waals surface area contributed by atoms with E-state index >= 15 is 0 Å². The van der Waals surface area contributed by atoms with E-state index in [-0.39, 0.29) is 10.8 Å². The first kappa shape index (κ1) is 19.4. The minimum absolute atomic E-state index is 0.254. The quantitative estimate of drug-likeness (QED) is 0.367. The smallest absolute Gasteiger partial charge is 0.00132 e. The molecule has 0 heteroatoms. The lowest BCUT2D eigenvalue weighted by molar-refractivity contribution is 0.233. The van der Waals surface area contributed by atoms with Gasteiger partial charge in [-0.1, -0.05) is 79.7 Å². The molecular formula is C29H38. The molecule has 0 N–H and O–H groups in total. The van der Waals surface area contributed by atoms with Gasteiger partial charge in [-0.3, -0.25) is 0 Å².